The summed E-state index contributed by atoms with van der Waals surface area (Å²) in [7, 11) is 0. The van der Waals surface area contributed by atoms with E-state index >= 15 is 0 Å². The number of hydrogen-bond donors (Lipinski definition) is 3. The van der Waals surface area contributed by atoms with Crippen molar-refractivity contribution in [3.63, 3.8) is 0 Å². The molecule has 1 aromatic rings. The van der Waals surface area contributed by atoms with Gasteiger partial charge in [0, 0.05) is 45.9 Å². The number of carbonyl (C=O) groups excluding carboxylic acids is 1. The van der Waals surface area contributed by atoms with Gasteiger partial charge in [0.05, 0.1) is 11.5 Å². The zero-order valence-corrected chi connectivity index (χ0v) is 15.5. The molecule has 144 valence electrons. The monoisotopic (exact) mass is 361 g/mol. The quantitative estimate of drug-likeness (QED) is 0.704. The van der Waals surface area contributed by atoms with E-state index in [0.29, 0.717) is 39.1 Å². The molecule has 0 bridgehead atoms. The molecule has 1 amide bonds. The Bertz CT molecular complexity index is 594. The molecule has 0 aromatic heterocycles. The molecule has 1 aromatic carbocycles. The largest absolute Gasteiger partial charge is 0.393 e. The topological polar surface area (TPSA) is 87.8 Å². The van der Waals surface area contributed by atoms with Crippen LogP contribution >= 0.6 is 0 Å². The number of likely N-dealkylation sites (tertiary alicyclic amines) is 1. The van der Waals surface area contributed by atoms with Gasteiger partial charge in [0.2, 0.25) is 5.91 Å². The first-order chi connectivity index (χ1) is 12.6. The zero-order valence-electron chi connectivity index (χ0n) is 15.5. The minimum absolute atomic E-state index is 0.0409. The van der Waals surface area contributed by atoms with E-state index in [0.717, 1.165) is 38.0 Å². The van der Waals surface area contributed by atoms with Crippen LogP contribution in [0.4, 0.5) is 0 Å². The van der Waals surface area contributed by atoms with E-state index in [4.69, 9.17) is 10.5 Å². The second-order valence-corrected chi connectivity index (χ2v) is 7.56. The zero-order chi connectivity index (χ0) is 18.4. The molecular weight excluding hydrogens is 330 g/mol. The standard InChI is InChI=1S/C20H31N3O3/c21-15-20(7-11-26-12-8-20)19(25)22-13-16-3-1-2-4-17(16)14-23-9-5-18(24)6-10-23/h1-4,18,24H,5-15,21H2,(H,22,25). The van der Waals surface area contributed by atoms with Gasteiger partial charge in [-0.2, -0.15) is 0 Å². The Kier molecular flexibility index (Phi) is 6.64. The summed E-state index contributed by atoms with van der Waals surface area (Å²) >= 11 is 0. The van der Waals surface area contributed by atoms with Gasteiger partial charge in [-0.3, -0.25) is 9.69 Å². The molecular formula is C20H31N3O3. The van der Waals surface area contributed by atoms with Crippen molar-refractivity contribution in [1.29, 1.82) is 0 Å². The van der Waals surface area contributed by atoms with Crippen LogP contribution < -0.4 is 11.1 Å². The number of nitrogens with two attached hydrogens (primary N) is 1. The van der Waals surface area contributed by atoms with Gasteiger partial charge in [-0.25, -0.2) is 0 Å². The van der Waals surface area contributed by atoms with Crippen LogP contribution in [0.15, 0.2) is 24.3 Å². The molecule has 26 heavy (non-hydrogen) atoms. The van der Waals surface area contributed by atoms with Crippen molar-refractivity contribution in [1.82, 2.24) is 10.2 Å². The maximum atomic E-state index is 12.8. The molecule has 4 N–H and O–H groups in total. The van der Waals surface area contributed by atoms with Crippen LogP contribution in [0.2, 0.25) is 0 Å². The maximum Gasteiger partial charge on any atom is 0.227 e. The highest BCUT2D eigenvalue weighted by atomic mass is 16.5. The number of nitrogens with zero attached hydrogens (tertiary/aromatic N) is 1. The Labute approximate surface area is 155 Å². The summed E-state index contributed by atoms with van der Waals surface area (Å²) in [6.07, 6.45) is 2.88. The second kappa shape index (κ2) is 8.95. The van der Waals surface area contributed by atoms with Gasteiger partial charge in [0.1, 0.15) is 0 Å². The number of benzene rings is 1. The summed E-state index contributed by atoms with van der Waals surface area (Å²) in [4.78, 5) is 15.1. The van der Waals surface area contributed by atoms with Crippen LogP contribution in [-0.4, -0.2) is 54.9 Å². The van der Waals surface area contributed by atoms with E-state index in [1.807, 2.05) is 12.1 Å². The molecule has 0 unspecified atom stereocenters. The number of hydrogen-bond acceptors (Lipinski definition) is 5. The van der Waals surface area contributed by atoms with Crippen LogP contribution in [0.1, 0.15) is 36.8 Å². The third-order valence-electron chi connectivity index (χ3n) is 5.83. The number of aliphatic hydroxyl groups is 1. The van der Waals surface area contributed by atoms with E-state index in [1.165, 1.54) is 5.56 Å². The number of rotatable bonds is 6. The number of piperidine rings is 1. The minimum atomic E-state index is -0.490. The minimum Gasteiger partial charge on any atom is -0.393 e. The number of ether oxygens (including phenoxy) is 1. The lowest BCUT2D eigenvalue weighted by molar-refractivity contribution is -0.136. The molecule has 2 heterocycles. The average molecular weight is 361 g/mol. The third-order valence-corrected chi connectivity index (χ3v) is 5.83. The van der Waals surface area contributed by atoms with Crippen molar-refractivity contribution in [2.75, 3.05) is 32.8 Å². The molecule has 0 atom stereocenters. The molecule has 0 saturated carbocycles. The number of amides is 1. The Morgan fingerprint density at radius 2 is 1.88 bits per heavy atom. The first kappa shape index (κ1) is 19.3. The molecule has 0 aliphatic carbocycles. The van der Waals surface area contributed by atoms with E-state index in [1.54, 1.807) is 0 Å². The molecule has 0 radical (unpaired) electrons. The fraction of sp³-hybridized carbons (Fsp3) is 0.650. The van der Waals surface area contributed by atoms with Gasteiger partial charge in [-0.1, -0.05) is 24.3 Å². The Morgan fingerprint density at radius 1 is 1.23 bits per heavy atom. The van der Waals surface area contributed by atoms with E-state index in [-0.39, 0.29) is 12.0 Å². The highest BCUT2D eigenvalue weighted by Crippen LogP contribution is 2.29. The van der Waals surface area contributed by atoms with Crippen LogP contribution in [0.3, 0.4) is 0 Å². The maximum absolute atomic E-state index is 12.8. The van der Waals surface area contributed by atoms with E-state index < -0.39 is 5.41 Å². The van der Waals surface area contributed by atoms with Crippen molar-refractivity contribution >= 4 is 5.91 Å². The van der Waals surface area contributed by atoms with Crippen molar-refractivity contribution in [3.05, 3.63) is 35.4 Å². The third kappa shape index (κ3) is 4.62. The Morgan fingerprint density at radius 3 is 2.54 bits per heavy atom. The molecule has 6 heteroatoms. The van der Waals surface area contributed by atoms with Crippen molar-refractivity contribution in [2.45, 2.75) is 44.9 Å². The lowest BCUT2D eigenvalue weighted by Gasteiger charge is -2.34. The van der Waals surface area contributed by atoms with Crippen LogP contribution in [-0.2, 0) is 22.6 Å². The predicted octanol–water partition coefficient (Wildman–Crippen LogP) is 1.01. The van der Waals surface area contributed by atoms with Crippen molar-refractivity contribution in [3.8, 4) is 0 Å². The SMILES string of the molecule is NCC1(C(=O)NCc2ccccc2CN2CCC(O)CC2)CCOCC1. The number of carbonyl (C=O) groups is 1. The summed E-state index contributed by atoms with van der Waals surface area (Å²) in [5, 5.41) is 12.8. The first-order valence-corrected chi connectivity index (χ1v) is 9.66. The van der Waals surface area contributed by atoms with Gasteiger partial charge in [0.15, 0.2) is 0 Å². The Balaban J connectivity index is 1.60. The molecule has 2 saturated heterocycles. The normalized spacial score (nSPS) is 21.5. The van der Waals surface area contributed by atoms with Crippen LogP contribution in [0.5, 0.6) is 0 Å². The molecule has 0 spiro atoms. The lowest BCUT2D eigenvalue weighted by Crippen LogP contribution is -2.49. The molecule has 3 rings (SSSR count). The number of nitrogens with one attached hydrogen (secondary N) is 1. The van der Waals surface area contributed by atoms with Gasteiger partial charge in [-0.15, -0.1) is 0 Å². The van der Waals surface area contributed by atoms with Gasteiger partial charge in [0.25, 0.3) is 0 Å². The smallest absolute Gasteiger partial charge is 0.227 e. The van der Waals surface area contributed by atoms with Crippen molar-refractivity contribution < 1.29 is 14.6 Å². The molecule has 2 aliphatic rings. The van der Waals surface area contributed by atoms with Crippen LogP contribution in [0.25, 0.3) is 0 Å². The number of aliphatic hydroxyl groups excluding tert-OH is 1. The summed E-state index contributed by atoms with van der Waals surface area (Å²) < 4.78 is 5.39. The summed E-state index contributed by atoms with van der Waals surface area (Å²) in [5.41, 5.74) is 7.82. The first-order valence-electron chi connectivity index (χ1n) is 9.66. The fourth-order valence-corrected chi connectivity index (χ4v) is 3.85. The highest BCUT2D eigenvalue weighted by Gasteiger charge is 2.38. The second-order valence-electron chi connectivity index (χ2n) is 7.56. The van der Waals surface area contributed by atoms with Gasteiger partial charge in [-0.05, 0) is 36.8 Å². The molecule has 2 fully saturated rings. The lowest BCUT2D eigenvalue weighted by atomic mass is 9.79. The Hall–Kier alpha value is -1.47. The summed E-state index contributed by atoms with van der Waals surface area (Å²) in [6.45, 7) is 4.77. The van der Waals surface area contributed by atoms with E-state index in [9.17, 15) is 9.90 Å². The average Bonchev–Trinajstić information content (AvgIpc) is 2.69. The summed E-state index contributed by atoms with van der Waals surface area (Å²) in [6, 6.07) is 8.25. The molecule has 6 nitrogen and oxygen atoms in total. The van der Waals surface area contributed by atoms with Gasteiger partial charge >= 0.3 is 0 Å². The predicted molar refractivity (Wildman–Crippen MR) is 100 cm³/mol. The summed E-state index contributed by atoms with van der Waals surface area (Å²) in [5.74, 6) is 0.0409. The van der Waals surface area contributed by atoms with Gasteiger partial charge < -0.3 is 20.9 Å². The van der Waals surface area contributed by atoms with E-state index in [2.05, 4.69) is 22.3 Å². The fourth-order valence-electron chi connectivity index (χ4n) is 3.85. The molecule has 2 aliphatic heterocycles. The highest BCUT2D eigenvalue weighted by molar-refractivity contribution is 5.83. The van der Waals surface area contributed by atoms with Crippen LogP contribution in [0, 0.1) is 5.41 Å². The van der Waals surface area contributed by atoms with Crippen molar-refractivity contribution in [2.24, 2.45) is 11.1 Å².